The van der Waals surface area contributed by atoms with Gasteiger partial charge in [-0.15, -0.1) is 29.7 Å². The summed E-state index contributed by atoms with van der Waals surface area (Å²) < 4.78 is 1.34. The molecule has 4 aromatic rings. The van der Waals surface area contributed by atoms with Crippen LogP contribution in [-0.4, -0.2) is 22.7 Å². The van der Waals surface area contributed by atoms with E-state index < -0.39 is 0 Å². The highest BCUT2D eigenvalue weighted by Crippen LogP contribution is 2.40. The summed E-state index contributed by atoms with van der Waals surface area (Å²) in [4.78, 5) is 7.47. The third-order valence-electron chi connectivity index (χ3n) is 9.12. The van der Waals surface area contributed by atoms with E-state index in [1.165, 1.54) is 47.8 Å². The van der Waals surface area contributed by atoms with Crippen molar-refractivity contribution in [2.24, 2.45) is 0 Å². The van der Waals surface area contributed by atoms with Crippen LogP contribution in [0.2, 0.25) is 0 Å². The van der Waals surface area contributed by atoms with E-state index in [1.807, 2.05) is 23.1 Å². The molecule has 2 nitrogen and oxygen atoms in total. The zero-order chi connectivity index (χ0) is 31.3. The Morgan fingerprint density at radius 2 is 1.85 bits per heavy atom. The van der Waals surface area contributed by atoms with Crippen LogP contribution in [-0.2, 0) is 6.42 Å². The van der Waals surface area contributed by atoms with Gasteiger partial charge in [0.05, 0.1) is 6.04 Å². The number of allylic oxidation sites excluding steroid dienone is 6. The first-order chi connectivity index (χ1) is 22.7. The Labute approximate surface area is 282 Å². The van der Waals surface area contributed by atoms with Gasteiger partial charge in [0.2, 0.25) is 0 Å². The van der Waals surface area contributed by atoms with Crippen LogP contribution in [0.15, 0.2) is 163 Å². The average Bonchev–Trinajstić information content (AvgIpc) is 3.84. The summed E-state index contributed by atoms with van der Waals surface area (Å²) in [5.41, 5.74) is 6.74. The van der Waals surface area contributed by atoms with Gasteiger partial charge in [0.1, 0.15) is 0 Å². The van der Waals surface area contributed by atoms with Gasteiger partial charge in [0.15, 0.2) is 0 Å². The van der Waals surface area contributed by atoms with Crippen molar-refractivity contribution in [2.45, 2.75) is 48.3 Å². The number of benzene rings is 3. The van der Waals surface area contributed by atoms with E-state index in [2.05, 4.69) is 169 Å². The minimum atomic E-state index is 0.292. The number of thiophene rings is 1. The lowest BCUT2D eigenvalue weighted by Gasteiger charge is -2.20. The summed E-state index contributed by atoms with van der Waals surface area (Å²) in [5.74, 6) is 0.292. The average molecular weight is 637 g/mol. The second kappa shape index (κ2) is 14.0. The van der Waals surface area contributed by atoms with Crippen LogP contribution in [0, 0.1) is 0 Å². The van der Waals surface area contributed by atoms with Crippen LogP contribution in [0.5, 0.6) is 0 Å². The van der Waals surface area contributed by atoms with Crippen molar-refractivity contribution >= 4 is 44.4 Å². The molecule has 0 saturated heterocycles. The first-order valence-corrected chi connectivity index (χ1v) is 17.9. The first kappa shape index (κ1) is 30.4. The molecule has 0 amide bonds. The SMILES string of the molecule is C=CC(C/C=C/N(C/C=C\C(=C/C)C1Cc2ccccc2S1)c1ccc(C2=CN3C=CC=CC3C2)cc1)c1cc2ccccc2s1. The number of nitrogens with zero attached hydrogens (tertiary/aromatic N) is 2. The van der Waals surface area contributed by atoms with E-state index in [0.717, 1.165) is 25.8 Å². The highest BCUT2D eigenvalue weighted by molar-refractivity contribution is 8.00. The molecule has 0 spiro atoms. The highest BCUT2D eigenvalue weighted by atomic mass is 32.2. The van der Waals surface area contributed by atoms with Crippen molar-refractivity contribution in [3.63, 3.8) is 0 Å². The summed E-state index contributed by atoms with van der Waals surface area (Å²) in [7, 11) is 0. The van der Waals surface area contributed by atoms with Crippen molar-refractivity contribution in [1.82, 2.24) is 4.90 Å². The number of anilines is 1. The molecule has 0 aliphatic carbocycles. The maximum Gasteiger partial charge on any atom is 0.0554 e. The zero-order valence-electron chi connectivity index (χ0n) is 26.3. The van der Waals surface area contributed by atoms with Gasteiger partial charge in [-0.05, 0) is 90.3 Å². The minimum Gasteiger partial charge on any atom is -0.347 e. The van der Waals surface area contributed by atoms with E-state index in [9.17, 15) is 0 Å². The molecule has 0 bridgehead atoms. The van der Waals surface area contributed by atoms with Crippen LogP contribution in [0.1, 0.15) is 41.7 Å². The van der Waals surface area contributed by atoms with Crippen LogP contribution < -0.4 is 4.90 Å². The fraction of sp³-hybridized carbons (Fsp3) is 0.190. The van der Waals surface area contributed by atoms with E-state index in [0.29, 0.717) is 17.2 Å². The lowest BCUT2D eigenvalue weighted by atomic mass is 10.0. The Balaban J connectivity index is 1.08. The van der Waals surface area contributed by atoms with Gasteiger partial charge in [0.25, 0.3) is 0 Å². The molecule has 0 N–H and O–H groups in total. The van der Waals surface area contributed by atoms with E-state index in [4.69, 9.17) is 0 Å². The lowest BCUT2D eigenvalue weighted by molar-refractivity contribution is 0.456. The van der Waals surface area contributed by atoms with Crippen molar-refractivity contribution in [1.29, 1.82) is 0 Å². The molecule has 4 heterocycles. The normalized spacial score (nSPS) is 19.6. The summed E-state index contributed by atoms with van der Waals surface area (Å²) in [6.45, 7) is 7.16. The highest BCUT2D eigenvalue weighted by Gasteiger charge is 2.24. The molecule has 4 heteroatoms. The molecule has 46 heavy (non-hydrogen) atoms. The molecule has 7 rings (SSSR count). The number of fused-ring (bicyclic) bond motifs is 3. The van der Waals surface area contributed by atoms with Gasteiger partial charge in [0, 0.05) is 56.5 Å². The number of thioether (sulfide) groups is 1. The predicted molar refractivity (Wildman–Crippen MR) is 201 cm³/mol. The number of hydrogen-bond acceptors (Lipinski definition) is 4. The van der Waals surface area contributed by atoms with Gasteiger partial charge in [-0.1, -0.05) is 91.1 Å². The summed E-state index contributed by atoms with van der Waals surface area (Å²) in [6.07, 6.45) is 27.7. The Bertz CT molecular complexity index is 1830. The van der Waals surface area contributed by atoms with Crippen LogP contribution in [0.4, 0.5) is 5.69 Å². The van der Waals surface area contributed by atoms with E-state index in [1.54, 1.807) is 0 Å². The largest absolute Gasteiger partial charge is 0.347 e. The van der Waals surface area contributed by atoms with E-state index in [-0.39, 0.29) is 0 Å². The Morgan fingerprint density at radius 1 is 1.00 bits per heavy atom. The Morgan fingerprint density at radius 3 is 2.65 bits per heavy atom. The van der Waals surface area contributed by atoms with Crippen molar-refractivity contribution in [3.8, 4) is 0 Å². The summed E-state index contributed by atoms with van der Waals surface area (Å²) in [5, 5.41) is 1.79. The van der Waals surface area contributed by atoms with Crippen molar-refractivity contribution in [2.75, 3.05) is 11.4 Å². The predicted octanol–water partition coefficient (Wildman–Crippen LogP) is 11.3. The maximum atomic E-state index is 4.19. The smallest absolute Gasteiger partial charge is 0.0554 e. The van der Waals surface area contributed by atoms with Crippen LogP contribution in [0.25, 0.3) is 15.7 Å². The molecule has 3 aromatic carbocycles. The van der Waals surface area contributed by atoms with E-state index >= 15 is 0 Å². The topological polar surface area (TPSA) is 6.48 Å². The van der Waals surface area contributed by atoms with Gasteiger partial charge in [-0.2, -0.15) is 0 Å². The fourth-order valence-electron chi connectivity index (χ4n) is 6.54. The molecule has 3 unspecified atom stereocenters. The molecular weight excluding hydrogens is 597 g/mol. The maximum absolute atomic E-state index is 4.19. The molecular formula is C42H40N2S2. The molecule has 0 radical (unpaired) electrons. The Hall–Kier alpha value is -4.25. The molecule has 0 saturated carbocycles. The van der Waals surface area contributed by atoms with Crippen molar-refractivity contribution in [3.05, 3.63) is 174 Å². The first-order valence-electron chi connectivity index (χ1n) is 16.2. The Kier molecular flexibility index (Phi) is 9.27. The summed E-state index contributed by atoms with van der Waals surface area (Å²) in [6, 6.07) is 29.3. The van der Waals surface area contributed by atoms with Gasteiger partial charge < -0.3 is 9.80 Å². The summed E-state index contributed by atoms with van der Waals surface area (Å²) >= 11 is 3.87. The zero-order valence-corrected chi connectivity index (χ0v) is 28.0. The molecule has 0 fully saturated rings. The molecule has 3 aliphatic rings. The van der Waals surface area contributed by atoms with Gasteiger partial charge >= 0.3 is 0 Å². The second-order valence-corrected chi connectivity index (χ2v) is 14.4. The molecule has 3 aliphatic heterocycles. The molecule has 1 aromatic heterocycles. The van der Waals surface area contributed by atoms with Crippen LogP contribution >= 0.6 is 23.1 Å². The number of hydrogen-bond donors (Lipinski definition) is 0. The quantitative estimate of drug-likeness (QED) is 0.119. The standard InChI is InChI=1S/C42H40N2S2/c1-3-31(41-28-34-13-5-7-18-39(34)45-41)15-11-25-43(26-12-16-32(4-2)42-29-35-14-6-8-19-40(35)46-42)37-22-20-33(21-23-37)36-27-38-17-9-10-24-44(38)30-36/h3-14,16-25,28,30-31,38,42H,1,15,26-27,29H2,2H3/b16-12-,25-11+,32-4+. The second-order valence-electron chi connectivity index (χ2n) is 12.1. The molecule has 3 atom stereocenters. The third-order valence-corrected chi connectivity index (χ3v) is 11.7. The van der Waals surface area contributed by atoms with Gasteiger partial charge in [-0.3, -0.25) is 0 Å². The van der Waals surface area contributed by atoms with Crippen molar-refractivity contribution < 1.29 is 0 Å². The third kappa shape index (κ3) is 6.65. The minimum absolute atomic E-state index is 0.292. The lowest BCUT2D eigenvalue weighted by Crippen LogP contribution is -2.20. The van der Waals surface area contributed by atoms with Gasteiger partial charge in [-0.25, -0.2) is 0 Å². The van der Waals surface area contributed by atoms with Crippen LogP contribution in [0.3, 0.4) is 0 Å². The fourth-order valence-corrected chi connectivity index (χ4v) is 9.10. The monoisotopic (exact) mass is 636 g/mol. The molecule has 230 valence electrons. The number of rotatable bonds is 11.